The number of fused-ring (bicyclic) bond motifs is 7. The molecule has 4 aromatic carbocycles. The van der Waals surface area contributed by atoms with E-state index in [4.69, 9.17) is 4.42 Å². The van der Waals surface area contributed by atoms with E-state index in [0.717, 1.165) is 43.5 Å². The van der Waals surface area contributed by atoms with Gasteiger partial charge in [0.25, 0.3) is 0 Å². The van der Waals surface area contributed by atoms with Gasteiger partial charge in [0, 0.05) is 10.8 Å². The van der Waals surface area contributed by atoms with Crippen molar-refractivity contribution in [2.24, 2.45) is 0 Å². The van der Waals surface area contributed by atoms with Gasteiger partial charge in [0.1, 0.15) is 22.7 Å². The van der Waals surface area contributed by atoms with E-state index in [1.54, 1.807) is 24.3 Å². The molecule has 0 atom stereocenters. The summed E-state index contributed by atoms with van der Waals surface area (Å²) in [4.78, 5) is 0. The van der Waals surface area contributed by atoms with E-state index >= 15 is 0 Å². The molecule has 0 saturated heterocycles. The molecule has 3 nitrogen and oxygen atoms in total. The van der Waals surface area contributed by atoms with Gasteiger partial charge in [-0.05, 0) is 57.9 Å². The predicted molar refractivity (Wildman–Crippen MR) is 92.1 cm³/mol. The molecule has 0 unspecified atom stereocenters. The molecule has 0 radical (unpaired) electrons. The minimum atomic E-state index is 0.224. The van der Waals surface area contributed by atoms with Crippen LogP contribution >= 0.6 is 0 Å². The molecule has 0 aliphatic heterocycles. The quantitative estimate of drug-likeness (QED) is 0.408. The molecule has 0 aliphatic carbocycles. The molecule has 5 aromatic rings. The minimum Gasteiger partial charge on any atom is -0.508 e. The zero-order chi connectivity index (χ0) is 15.6. The van der Waals surface area contributed by atoms with E-state index in [9.17, 15) is 10.2 Å². The summed E-state index contributed by atoms with van der Waals surface area (Å²) in [6.45, 7) is 0. The number of phenols is 2. The molecule has 1 aromatic heterocycles. The second kappa shape index (κ2) is 4.17. The highest BCUT2D eigenvalue weighted by atomic mass is 16.3. The van der Waals surface area contributed by atoms with E-state index in [0.29, 0.717) is 0 Å². The maximum Gasteiger partial charge on any atom is 0.136 e. The highest BCUT2D eigenvalue weighted by molar-refractivity contribution is 6.26. The van der Waals surface area contributed by atoms with Crippen LogP contribution in [-0.4, -0.2) is 10.2 Å². The first-order chi connectivity index (χ1) is 11.2. The maximum absolute atomic E-state index is 9.89. The SMILES string of the molecule is Oc1ccc2ccc3oc4ccc5ccc(O)cc5c4c3c2c1. The molecule has 3 heteroatoms. The molecule has 0 spiro atoms. The number of hydrogen-bond acceptors (Lipinski definition) is 3. The maximum atomic E-state index is 9.89. The van der Waals surface area contributed by atoms with Crippen LogP contribution in [0.4, 0.5) is 0 Å². The van der Waals surface area contributed by atoms with Gasteiger partial charge < -0.3 is 14.6 Å². The van der Waals surface area contributed by atoms with E-state index < -0.39 is 0 Å². The van der Waals surface area contributed by atoms with Gasteiger partial charge in [0.2, 0.25) is 0 Å². The second-order valence-electron chi connectivity index (χ2n) is 5.79. The van der Waals surface area contributed by atoms with Crippen molar-refractivity contribution < 1.29 is 14.6 Å². The average molecular weight is 300 g/mol. The van der Waals surface area contributed by atoms with Crippen LogP contribution in [0.2, 0.25) is 0 Å². The van der Waals surface area contributed by atoms with E-state index in [1.165, 1.54) is 0 Å². The fraction of sp³-hybridized carbons (Fsp3) is 0. The Bertz CT molecular complexity index is 1140. The van der Waals surface area contributed by atoms with Crippen LogP contribution in [0.25, 0.3) is 43.5 Å². The Morgan fingerprint density at radius 2 is 1.00 bits per heavy atom. The van der Waals surface area contributed by atoms with E-state index in [2.05, 4.69) is 0 Å². The lowest BCUT2D eigenvalue weighted by atomic mass is 9.99. The van der Waals surface area contributed by atoms with Gasteiger partial charge in [-0.15, -0.1) is 0 Å². The number of phenolic OH excluding ortho intramolecular Hbond substituents is 2. The smallest absolute Gasteiger partial charge is 0.136 e. The second-order valence-corrected chi connectivity index (χ2v) is 5.79. The van der Waals surface area contributed by atoms with Gasteiger partial charge in [-0.25, -0.2) is 0 Å². The summed E-state index contributed by atoms with van der Waals surface area (Å²) in [5.41, 5.74) is 1.54. The fourth-order valence-corrected chi connectivity index (χ4v) is 3.38. The van der Waals surface area contributed by atoms with Crippen LogP contribution in [0.3, 0.4) is 0 Å². The Labute approximate surface area is 131 Å². The van der Waals surface area contributed by atoms with Crippen molar-refractivity contribution in [2.75, 3.05) is 0 Å². The van der Waals surface area contributed by atoms with Gasteiger partial charge in [-0.2, -0.15) is 0 Å². The molecule has 0 fully saturated rings. The molecule has 1 heterocycles. The summed E-state index contributed by atoms with van der Waals surface area (Å²) in [6.07, 6.45) is 0. The Kier molecular flexibility index (Phi) is 2.24. The highest BCUT2D eigenvalue weighted by Crippen LogP contribution is 2.40. The van der Waals surface area contributed by atoms with Crippen LogP contribution in [0.15, 0.2) is 65.1 Å². The molecule has 2 N–H and O–H groups in total. The van der Waals surface area contributed by atoms with Gasteiger partial charge in [-0.3, -0.25) is 0 Å². The van der Waals surface area contributed by atoms with E-state index in [1.807, 2.05) is 36.4 Å². The van der Waals surface area contributed by atoms with Gasteiger partial charge >= 0.3 is 0 Å². The van der Waals surface area contributed by atoms with Crippen molar-refractivity contribution >= 4 is 43.5 Å². The Morgan fingerprint density at radius 1 is 0.565 bits per heavy atom. The van der Waals surface area contributed by atoms with Crippen LogP contribution in [0.5, 0.6) is 11.5 Å². The molecule has 110 valence electrons. The normalized spacial score (nSPS) is 11.8. The largest absolute Gasteiger partial charge is 0.508 e. The van der Waals surface area contributed by atoms with Gasteiger partial charge in [0.15, 0.2) is 0 Å². The van der Waals surface area contributed by atoms with Gasteiger partial charge in [0.05, 0.1) is 0 Å². The zero-order valence-electron chi connectivity index (χ0n) is 12.1. The molecule has 0 aliphatic rings. The summed E-state index contributed by atoms with van der Waals surface area (Å²) in [5, 5.41) is 25.7. The van der Waals surface area contributed by atoms with Crippen LogP contribution < -0.4 is 0 Å². The third-order valence-electron chi connectivity index (χ3n) is 4.40. The summed E-state index contributed by atoms with van der Waals surface area (Å²) < 4.78 is 5.99. The highest BCUT2D eigenvalue weighted by Gasteiger charge is 2.14. The lowest BCUT2D eigenvalue weighted by Crippen LogP contribution is -1.77. The Morgan fingerprint density at radius 3 is 1.48 bits per heavy atom. The fourth-order valence-electron chi connectivity index (χ4n) is 3.38. The average Bonchev–Trinajstić information content (AvgIpc) is 2.94. The van der Waals surface area contributed by atoms with Crippen molar-refractivity contribution in [3.63, 3.8) is 0 Å². The summed E-state index contributed by atoms with van der Waals surface area (Å²) in [5.74, 6) is 0.449. The van der Waals surface area contributed by atoms with Crippen molar-refractivity contribution in [2.45, 2.75) is 0 Å². The van der Waals surface area contributed by atoms with Gasteiger partial charge in [-0.1, -0.05) is 24.3 Å². The molecule has 0 amide bonds. The summed E-state index contributed by atoms with van der Waals surface area (Å²) >= 11 is 0. The minimum absolute atomic E-state index is 0.224. The lowest BCUT2D eigenvalue weighted by Gasteiger charge is -2.03. The molecular weight excluding hydrogens is 288 g/mol. The molecule has 0 saturated carbocycles. The standard InChI is InChI=1S/C20H12O3/c21-13-5-1-11-3-7-17-19(15(11)9-13)20-16-10-14(22)6-2-12(16)4-8-18(20)23-17/h1-10,21-22H. The molecular formula is C20H12O3. The number of benzene rings is 4. The van der Waals surface area contributed by atoms with Crippen molar-refractivity contribution in [3.05, 3.63) is 60.7 Å². The number of furan rings is 1. The monoisotopic (exact) mass is 300 g/mol. The first kappa shape index (κ1) is 12.4. The van der Waals surface area contributed by atoms with Crippen molar-refractivity contribution in [3.8, 4) is 11.5 Å². The molecule has 0 bridgehead atoms. The predicted octanol–water partition coefficient (Wildman–Crippen LogP) is 5.30. The van der Waals surface area contributed by atoms with Crippen LogP contribution in [0.1, 0.15) is 0 Å². The summed E-state index contributed by atoms with van der Waals surface area (Å²) in [6, 6.07) is 18.5. The lowest BCUT2D eigenvalue weighted by molar-refractivity contribution is 0.475. The zero-order valence-corrected chi connectivity index (χ0v) is 12.1. The third kappa shape index (κ3) is 1.64. The third-order valence-corrected chi connectivity index (χ3v) is 4.40. The van der Waals surface area contributed by atoms with Crippen LogP contribution in [0, 0.1) is 0 Å². The molecule has 23 heavy (non-hydrogen) atoms. The van der Waals surface area contributed by atoms with Crippen LogP contribution in [-0.2, 0) is 0 Å². The first-order valence-electron chi connectivity index (χ1n) is 7.40. The number of hydrogen-bond donors (Lipinski definition) is 2. The van der Waals surface area contributed by atoms with E-state index in [-0.39, 0.29) is 11.5 Å². The topological polar surface area (TPSA) is 53.6 Å². The Hall–Kier alpha value is -3.20. The Balaban J connectivity index is 2.14. The first-order valence-corrected chi connectivity index (χ1v) is 7.40. The van der Waals surface area contributed by atoms with Crippen molar-refractivity contribution in [1.29, 1.82) is 0 Å². The number of aromatic hydroxyl groups is 2. The number of rotatable bonds is 0. The summed E-state index contributed by atoms with van der Waals surface area (Å²) in [7, 11) is 0. The van der Waals surface area contributed by atoms with Crippen molar-refractivity contribution in [1.82, 2.24) is 0 Å². The molecule has 5 rings (SSSR count).